The number of hydrazine groups is 1. The van der Waals surface area contributed by atoms with Crippen LogP contribution in [0, 0.1) is 5.92 Å². The van der Waals surface area contributed by atoms with Gasteiger partial charge in [0.25, 0.3) is 0 Å². The van der Waals surface area contributed by atoms with Gasteiger partial charge in [-0.2, -0.15) is 9.97 Å². The average Bonchev–Trinajstić information content (AvgIpc) is 3.24. The highest BCUT2D eigenvalue weighted by Crippen LogP contribution is 2.32. The van der Waals surface area contributed by atoms with E-state index in [-0.39, 0.29) is 11.8 Å². The molecule has 0 bridgehead atoms. The second-order valence-corrected chi connectivity index (χ2v) is 7.50. The molecule has 28 heavy (non-hydrogen) atoms. The molecule has 2 aromatic rings. The summed E-state index contributed by atoms with van der Waals surface area (Å²) in [6, 6.07) is 0. The van der Waals surface area contributed by atoms with Gasteiger partial charge < -0.3 is 25.8 Å². The fraction of sp³-hybridized carbons (Fsp3) is 0.706. The maximum atomic E-state index is 10.3. The second-order valence-electron chi connectivity index (χ2n) is 7.50. The van der Waals surface area contributed by atoms with Gasteiger partial charge in [0.1, 0.15) is 23.8 Å². The van der Waals surface area contributed by atoms with E-state index in [0.29, 0.717) is 17.1 Å². The molecule has 4 atom stereocenters. The minimum Gasteiger partial charge on any atom is -0.394 e. The Morgan fingerprint density at radius 3 is 2.68 bits per heavy atom. The van der Waals surface area contributed by atoms with Gasteiger partial charge in [-0.25, -0.2) is 10.4 Å². The summed E-state index contributed by atoms with van der Waals surface area (Å²) in [6.07, 6.45) is 3.45. The van der Waals surface area contributed by atoms with Crippen LogP contribution in [0.25, 0.3) is 11.2 Å². The SMILES string of the molecule is Nc1nc(NNCC2CCCCC2)nc2c1ncn2C1OC(CO)C(O)C1O. The molecule has 4 rings (SSSR count). The number of aromatic nitrogens is 4. The monoisotopic (exact) mass is 393 g/mol. The minimum absolute atomic E-state index is 0.192. The molecule has 0 aromatic carbocycles. The van der Waals surface area contributed by atoms with Crippen LogP contribution in [0.4, 0.5) is 11.8 Å². The molecule has 0 amide bonds. The van der Waals surface area contributed by atoms with Crippen molar-refractivity contribution in [1.82, 2.24) is 24.9 Å². The first-order valence-corrected chi connectivity index (χ1v) is 9.70. The Labute approximate surface area is 161 Å². The van der Waals surface area contributed by atoms with Crippen LogP contribution < -0.4 is 16.6 Å². The largest absolute Gasteiger partial charge is 0.394 e. The van der Waals surface area contributed by atoms with Gasteiger partial charge in [-0.3, -0.25) is 9.99 Å². The van der Waals surface area contributed by atoms with Gasteiger partial charge >= 0.3 is 0 Å². The van der Waals surface area contributed by atoms with E-state index < -0.39 is 31.1 Å². The molecule has 4 unspecified atom stereocenters. The highest BCUT2D eigenvalue weighted by molar-refractivity contribution is 5.82. The van der Waals surface area contributed by atoms with Gasteiger partial charge in [0.2, 0.25) is 5.95 Å². The zero-order valence-electron chi connectivity index (χ0n) is 15.5. The van der Waals surface area contributed by atoms with E-state index in [1.807, 2.05) is 0 Å². The van der Waals surface area contributed by atoms with E-state index in [9.17, 15) is 15.3 Å². The van der Waals surface area contributed by atoms with Gasteiger partial charge in [-0.15, -0.1) is 0 Å². The number of fused-ring (bicyclic) bond motifs is 1. The lowest BCUT2D eigenvalue weighted by Gasteiger charge is -2.22. The number of imidazole rings is 1. The lowest BCUT2D eigenvalue weighted by atomic mass is 9.89. The van der Waals surface area contributed by atoms with Crippen LogP contribution in [0.5, 0.6) is 0 Å². The fourth-order valence-corrected chi connectivity index (χ4v) is 3.96. The van der Waals surface area contributed by atoms with Gasteiger partial charge in [0, 0.05) is 6.54 Å². The predicted octanol–water partition coefficient (Wildman–Crippen LogP) is -0.483. The lowest BCUT2D eigenvalue weighted by Crippen LogP contribution is -2.33. The number of nitrogens with zero attached hydrogens (tertiary/aromatic N) is 4. The summed E-state index contributed by atoms with van der Waals surface area (Å²) in [4.78, 5) is 12.8. The molecule has 3 heterocycles. The quantitative estimate of drug-likeness (QED) is 0.353. The van der Waals surface area contributed by atoms with Gasteiger partial charge in [0.05, 0.1) is 12.9 Å². The highest BCUT2D eigenvalue weighted by atomic mass is 16.6. The molecule has 1 saturated carbocycles. The number of nitrogen functional groups attached to an aromatic ring is 1. The summed E-state index contributed by atoms with van der Waals surface area (Å²) < 4.78 is 7.05. The van der Waals surface area contributed by atoms with E-state index in [4.69, 9.17) is 10.5 Å². The maximum absolute atomic E-state index is 10.3. The van der Waals surface area contributed by atoms with Crippen molar-refractivity contribution in [3.05, 3.63) is 6.33 Å². The van der Waals surface area contributed by atoms with E-state index in [0.717, 1.165) is 6.54 Å². The van der Waals surface area contributed by atoms with Gasteiger partial charge in [-0.1, -0.05) is 19.3 Å². The van der Waals surface area contributed by atoms with E-state index in [2.05, 4.69) is 25.8 Å². The number of ether oxygens (including phenoxy) is 1. The van der Waals surface area contributed by atoms with E-state index in [1.165, 1.54) is 43.0 Å². The van der Waals surface area contributed by atoms with Crippen molar-refractivity contribution in [3.8, 4) is 0 Å². The predicted molar refractivity (Wildman–Crippen MR) is 101 cm³/mol. The molecule has 2 aliphatic rings. The van der Waals surface area contributed by atoms with Crippen molar-refractivity contribution in [2.75, 3.05) is 24.3 Å². The third-order valence-corrected chi connectivity index (χ3v) is 5.56. The molecule has 11 heteroatoms. The molecule has 2 fully saturated rings. The van der Waals surface area contributed by atoms with Crippen molar-refractivity contribution >= 4 is 22.9 Å². The normalized spacial score (nSPS) is 28.8. The maximum Gasteiger partial charge on any atom is 0.241 e. The number of aliphatic hydroxyl groups is 3. The first-order valence-electron chi connectivity index (χ1n) is 9.70. The second kappa shape index (κ2) is 8.13. The van der Waals surface area contributed by atoms with Crippen LogP contribution in [-0.2, 0) is 4.74 Å². The minimum atomic E-state index is -1.23. The Morgan fingerprint density at radius 2 is 1.96 bits per heavy atom. The van der Waals surface area contributed by atoms with E-state index >= 15 is 0 Å². The summed E-state index contributed by atoms with van der Waals surface area (Å²) in [5.74, 6) is 1.11. The Morgan fingerprint density at radius 1 is 1.18 bits per heavy atom. The number of nitrogens with one attached hydrogen (secondary N) is 2. The Balaban J connectivity index is 1.51. The number of rotatable bonds is 6. The smallest absolute Gasteiger partial charge is 0.241 e. The van der Waals surface area contributed by atoms with Crippen LogP contribution in [0.15, 0.2) is 6.33 Å². The first-order chi connectivity index (χ1) is 13.6. The summed E-state index contributed by atoms with van der Waals surface area (Å²) in [7, 11) is 0. The number of nitrogens with two attached hydrogens (primary N) is 1. The lowest BCUT2D eigenvalue weighted by molar-refractivity contribution is -0.0511. The number of hydrogen-bond acceptors (Lipinski definition) is 10. The third kappa shape index (κ3) is 3.63. The van der Waals surface area contributed by atoms with Crippen LogP contribution in [0.3, 0.4) is 0 Å². The highest BCUT2D eigenvalue weighted by Gasteiger charge is 2.44. The molecule has 1 saturated heterocycles. The molecule has 11 nitrogen and oxygen atoms in total. The molecule has 1 aliphatic carbocycles. The third-order valence-electron chi connectivity index (χ3n) is 5.56. The van der Waals surface area contributed by atoms with Gasteiger partial charge in [0.15, 0.2) is 17.7 Å². The van der Waals surface area contributed by atoms with E-state index in [1.54, 1.807) is 0 Å². The summed E-state index contributed by atoms with van der Waals surface area (Å²) in [6.45, 7) is 0.408. The molecule has 0 spiro atoms. The van der Waals surface area contributed by atoms with Crippen molar-refractivity contribution in [2.45, 2.75) is 56.6 Å². The molecule has 7 N–H and O–H groups in total. The summed E-state index contributed by atoms with van der Waals surface area (Å²) in [5.41, 5.74) is 12.9. The standard InChI is InChI=1S/C17H27N7O4/c18-14-11-15(22-17(21-14)23-20-6-9-4-2-1-3-5-9)24(8-19-11)16-13(27)12(26)10(7-25)28-16/h8-10,12-13,16,20,25-27H,1-7H2,(H3,18,21,22,23). The molecule has 154 valence electrons. The topological polar surface area (TPSA) is 164 Å². The number of hydrogen-bond donors (Lipinski definition) is 6. The average molecular weight is 393 g/mol. The molecule has 0 radical (unpaired) electrons. The number of aliphatic hydroxyl groups excluding tert-OH is 3. The zero-order chi connectivity index (χ0) is 19.7. The van der Waals surface area contributed by atoms with Crippen molar-refractivity contribution < 1.29 is 20.1 Å². The summed E-state index contributed by atoms with van der Waals surface area (Å²) >= 11 is 0. The van der Waals surface area contributed by atoms with Crippen molar-refractivity contribution in [1.29, 1.82) is 0 Å². The Hall–Kier alpha value is -2.05. The zero-order valence-corrected chi connectivity index (χ0v) is 15.5. The molecular weight excluding hydrogens is 366 g/mol. The molecule has 2 aromatic heterocycles. The van der Waals surface area contributed by atoms with Crippen molar-refractivity contribution in [2.24, 2.45) is 5.92 Å². The van der Waals surface area contributed by atoms with Gasteiger partial charge in [-0.05, 0) is 18.8 Å². The number of anilines is 2. The fourth-order valence-electron chi connectivity index (χ4n) is 3.96. The summed E-state index contributed by atoms with van der Waals surface area (Å²) in [5, 5.41) is 29.6. The molecule has 1 aliphatic heterocycles. The molecular formula is C17H27N7O4. The van der Waals surface area contributed by atoms with Crippen LogP contribution >= 0.6 is 0 Å². The van der Waals surface area contributed by atoms with Crippen molar-refractivity contribution in [3.63, 3.8) is 0 Å². The Kier molecular flexibility index (Phi) is 5.60. The Bertz CT molecular complexity index is 810. The van der Waals surface area contributed by atoms with Crippen LogP contribution in [0.2, 0.25) is 0 Å². The van der Waals surface area contributed by atoms with Crippen LogP contribution in [0.1, 0.15) is 38.3 Å². The first kappa shape index (κ1) is 19.3. The van der Waals surface area contributed by atoms with Crippen LogP contribution in [-0.4, -0.2) is 66.3 Å².